The number of hydrogen-bond acceptors (Lipinski definition) is 8. The monoisotopic (exact) mass is 480 g/mol. The van der Waals surface area contributed by atoms with Crippen molar-refractivity contribution in [2.24, 2.45) is 5.14 Å². The van der Waals surface area contributed by atoms with Gasteiger partial charge in [-0.2, -0.15) is 0 Å². The number of primary sulfonamides is 1. The number of esters is 1. The summed E-state index contributed by atoms with van der Waals surface area (Å²) in [5.74, 6) is 0.482. The quantitative estimate of drug-likeness (QED) is 0.431. The summed E-state index contributed by atoms with van der Waals surface area (Å²) in [6.07, 6.45) is 0.916. The van der Waals surface area contributed by atoms with E-state index in [4.69, 9.17) is 24.1 Å². The maximum atomic E-state index is 12.0. The predicted octanol–water partition coefficient (Wildman–Crippen LogP) is 1.19. The molecule has 0 saturated carbocycles. The molecule has 33 heavy (non-hydrogen) atoms. The van der Waals surface area contributed by atoms with Crippen LogP contribution >= 0.6 is 0 Å². The second-order valence-corrected chi connectivity index (χ2v) is 8.54. The SMILES string of the molecule is COc1cc(CCC(=O)OCC(=O)NCCc2ccc(S(N)(=O)=O)cc2)cc(OC)c1OC. The average molecular weight is 481 g/mol. The van der Waals surface area contributed by atoms with Gasteiger partial charge in [0.2, 0.25) is 15.8 Å². The van der Waals surface area contributed by atoms with Crippen LogP contribution in [-0.4, -0.2) is 54.8 Å². The van der Waals surface area contributed by atoms with Crippen LogP contribution in [0.5, 0.6) is 17.2 Å². The van der Waals surface area contributed by atoms with E-state index >= 15 is 0 Å². The molecule has 0 spiro atoms. The van der Waals surface area contributed by atoms with E-state index < -0.39 is 28.5 Å². The van der Waals surface area contributed by atoms with E-state index in [1.54, 1.807) is 24.3 Å². The number of nitrogens with one attached hydrogen (secondary N) is 1. The zero-order chi connectivity index (χ0) is 24.4. The van der Waals surface area contributed by atoms with Crippen LogP contribution in [0, 0.1) is 0 Å². The molecule has 0 heterocycles. The van der Waals surface area contributed by atoms with E-state index in [1.165, 1.54) is 33.5 Å². The number of benzene rings is 2. The smallest absolute Gasteiger partial charge is 0.306 e. The molecule has 0 radical (unpaired) electrons. The van der Waals surface area contributed by atoms with Gasteiger partial charge in [-0.05, 0) is 48.2 Å². The molecule has 0 aliphatic heterocycles. The fourth-order valence-corrected chi connectivity index (χ4v) is 3.50. The Balaban J connectivity index is 1.74. The van der Waals surface area contributed by atoms with Crippen molar-refractivity contribution >= 4 is 21.9 Å². The standard InChI is InChI=1S/C22H28N2O8S/c1-29-18-12-16(13-19(30-2)22(18)31-3)6-9-21(26)32-14-20(25)24-11-10-15-4-7-17(8-5-15)33(23,27)28/h4-5,7-8,12-13H,6,9-11,14H2,1-3H3,(H,24,25)(H2,23,27,28). The maximum absolute atomic E-state index is 12.0. The molecule has 10 nitrogen and oxygen atoms in total. The van der Waals surface area contributed by atoms with E-state index in [0.29, 0.717) is 36.6 Å². The first-order chi connectivity index (χ1) is 15.7. The van der Waals surface area contributed by atoms with Gasteiger partial charge in [0.05, 0.1) is 26.2 Å². The normalized spacial score (nSPS) is 10.9. The third-order valence-corrected chi connectivity index (χ3v) is 5.62. The second kappa shape index (κ2) is 12.1. The van der Waals surface area contributed by atoms with Crippen LogP contribution in [0.25, 0.3) is 0 Å². The van der Waals surface area contributed by atoms with Gasteiger partial charge >= 0.3 is 5.97 Å². The van der Waals surface area contributed by atoms with Crippen LogP contribution < -0.4 is 24.7 Å². The molecule has 180 valence electrons. The van der Waals surface area contributed by atoms with Crippen molar-refractivity contribution in [1.29, 1.82) is 0 Å². The van der Waals surface area contributed by atoms with Crippen molar-refractivity contribution in [2.75, 3.05) is 34.5 Å². The topological polar surface area (TPSA) is 143 Å². The van der Waals surface area contributed by atoms with Crippen LogP contribution in [0.15, 0.2) is 41.3 Å². The third-order valence-electron chi connectivity index (χ3n) is 4.69. The Morgan fingerprint density at radius 2 is 1.52 bits per heavy atom. The molecule has 3 N–H and O–H groups in total. The Hall–Kier alpha value is -3.31. The first-order valence-corrected chi connectivity index (χ1v) is 11.6. The van der Waals surface area contributed by atoms with Crippen molar-refractivity contribution in [3.8, 4) is 17.2 Å². The van der Waals surface area contributed by atoms with Gasteiger partial charge < -0.3 is 24.3 Å². The minimum atomic E-state index is -3.74. The van der Waals surface area contributed by atoms with Crippen molar-refractivity contribution < 1.29 is 37.0 Å². The number of methoxy groups -OCH3 is 3. The van der Waals surface area contributed by atoms with Gasteiger partial charge in [0.25, 0.3) is 5.91 Å². The molecule has 0 aliphatic carbocycles. The first-order valence-electron chi connectivity index (χ1n) is 10.0. The summed E-state index contributed by atoms with van der Waals surface area (Å²) in [6.45, 7) is -0.0883. The van der Waals surface area contributed by atoms with Crippen LogP contribution in [0.2, 0.25) is 0 Å². The number of sulfonamides is 1. The van der Waals surface area contributed by atoms with Gasteiger partial charge in [0, 0.05) is 13.0 Å². The maximum Gasteiger partial charge on any atom is 0.306 e. The molecular weight excluding hydrogens is 452 g/mol. The van der Waals surface area contributed by atoms with Gasteiger partial charge in [-0.25, -0.2) is 13.6 Å². The lowest BCUT2D eigenvalue weighted by Crippen LogP contribution is -2.30. The van der Waals surface area contributed by atoms with Crippen molar-refractivity contribution in [1.82, 2.24) is 5.32 Å². The fourth-order valence-electron chi connectivity index (χ4n) is 2.99. The minimum Gasteiger partial charge on any atom is -0.493 e. The third kappa shape index (κ3) is 7.95. The molecule has 2 rings (SSSR count). The number of carbonyl (C=O) groups is 2. The highest BCUT2D eigenvalue weighted by atomic mass is 32.2. The zero-order valence-corrected chi connectivity index (χ0v) is 19.6. The molecule has 2 aromatic rings. The Bertz CT molecular complexity index is 1040. The van der Waals surface area contributed by atoms with E-state index in [0.717, 1.165) is 11.1 Å². The molecule has 0 fully saturated rings. The minimum absolute atomic E-state index is 0.0220. The van der Waals surface area contributed by atoms with Crippen molar-refractivity contribution in [3.63, 3.8) is 0 Å². The molecule has 0 aromatic heterocycles. The van der Waals surface area contributed by atoms with Gasteiger partial charge in [-0.3, -0.25) is 9.59 Å². The fraction of sp³-hybridized carbons (Fsp3) is 0.364. The molecule has 0 aliphatic rings. The van der Waals surface area contributed by atoms with Crippen molar-refractivity contribution in [3.05, 3.63) is 47.5 Å². The summed E-state index contributed by atoms with van der Waals surface area (Å²) in [7, 11) is 0.783. The Morgan fingerprint density at radius 3 is 2.03 bits per heavy atom. The lowest BCUT2D eigenvalue weighted by Gasteiger charge is -2.14. The van der Waals surface area contributed by atoms with Crippen LogP contribution in [-0.2, 0) is 37.2 Å². The number of aryl methyl sites for hydroxylation is 1. The number of nitrogens with two attached hydrogens (primary N) is 1. The van der Waals surface area contributed by atoms with Crippen molar-refractivity contribution in [2.45, 2.75) is 24.2 Å². The van der Waals surface area contributed by atoms with E-state index in [9.17, 15) is 18.0 Å². The number of amides is 1. The van der Waals surface area contributed by atoms with E-state index in [1.807, 2.05) is 0 Å². The molecular formula is C22H28N2O8S. The molecule has 0 unspecified atom stereocenters. The Kier molecular flexibility index (Phi) is 9.49. The van der Waals surface area contributed by atoms with E-state index in [2.05, 4.69) is 5.32 Å². The zero-order valence-electron chi connectivity index (χ0n) is 18.8. The highest BCUT2D eigenvalue weighted by Crippen LogP contribution is 2.38. The second-order valence-electron chi connectivity index (χ2n) is 6.98. The molecule has 0 saturated heterocycles. The average Bonchev–Trinajstić information content (AvgIpc) is 2.80. The van der Waals surface area contributed by atoms with Crippen LogP contribution in [0.1, 0.15) is 17.5 Å². The number of ether oxygens (including phenoxy) is 4. The lowest BCUT2D eigenvalue weighted by atomic mass is 10.1. The number of hydrogen-bond donors (Lipinski definition) is 2. The summed E-state index contributed by atoms with van der Waals surface area (Å²) >= 11 is 0. The van der Waals surface area contributed by atoms with Gasteiger partial charge in [-0.15, -0.1) is 0 Å². The number of rotatable bonds is 12. The first kappa shape index (κ1) is 25.9. The Labute approximate surface area is 193 Å². The predicted molar refractivity (Wildman–Crippen MR) is 120 cm³/mol. The lowest BCUT2D eigenvalue weighted by molar-refractivity contribution is -0.148. The van der Waals surface area contributed by atoms with Crippen LogP contribution in [0.4, 0.5) is 0 Å². The summed E-state index contributed by atoms with van der Waals surface area (Å²) in [6, 6.07) is 9.54. The van der Waals surface area contributed by atoms with Gasteiger partial charge in [0.1, 0.15) is 0 Å². The summed E-state index contributed by atoms with van der Waals surface area (Å²) in [5.41, 5.74) is 1.62. The molecule has 2 aromatic carbocycles. The Morgan fingerprint density at radius 1 is 0.909 bits per heavy atom. The largest absolute Gasteiger partial charge is 0.493 e. The molecule has 0 bridgehead atoms. The summed E-state index contributed by atoms with van der Waals surface area (Å²) < 4.78 is 43.4. The van der Waals surface area contributed by atoms with Gasteiger partial charge in [0.15, 0.2) is 18.1 Å². The molecule has 0 atom stereocenters. The van der Waals surface area contributed by atoms with Crippen LogP contribution in [0.3, 0.4) is 0 Å². The highest BCUT2D eigenvalue weighted by Gasteiger charge is 2.15. The summed E-state index contributed by atoms with van der Waals surface area (Å²) in [4.78, 5) is 23.9. The number of carbonyl (C=O) groups excluding carboxylic acids is 2. The molecule has 11 heteroatoms. The van der Waals surface area contributed by atoms with E-state index in [-0.39, 0.29) is 11.3 Å². The van der Waals surface area contributed by atoms with Gasteiger partial charge in [-0.1, -0.05) is 12.1 Å². The molecule has 1 amide bonds. The highest BCUT2D eigenvalue weighted by molar-refractivity contribution is 7.89. The summed E-state index contributed by atoms with van der Waals surface area (Å²) in [5, 5.41) is 7.70.